The van der Waals surface area contributed by atoms with Crippen LogP contribution in [-0.4, -0.2) is 32.8 Å². The van der Waals surface area contributed by atoms with Crippen LogP contribution in [0.25, 0.3) is 10.8 Å². The maximum Gasteiger partial charge on any atom is 0.243 e. The van der Waals surface area contributed by atoms with E-state index in [4.69, 9.17) is 9.47 Å². The standard InChI is InChI=1S/C21H22N2O3/c1-25-11-12-26-20-8-4-7-19(14-20)23-21(24)15-22-18-10-9-16-5-2-3-6-17(16)13-18/h2-10,13-14,22H,11-12,15H2,1H3,(H,23,24). The van der Waals surface area contributed by atoms with Crippen molar-refractivity contribution in [1.82, 2.24) is 0 Å². The van der Waals surface area contributed by atoms with Crippen LogP contribution >= 0.6 is 0 Å². The van der Waals surface area contributed by atoms with Gasteiger partial charge in [-0.1, -0.05) is 36.4 Å². The third-order valence-corrected chi connectivity index (χ3v) is 3.88. The van der Waals surface area contributed by atoms with Crippen LogP contribution in [0, 0.1) is 0 Å². The van der Waals surface area contributed by atoms with Gasteiger partial charge in [-0.05, 0) is 35.0 Å². The number of methoxy groups -OCH3 is 1. The van der Waals surface area contributed by atoms with Crippen molar-refractivity contribution < 1.29 is 14.3 Å². The summed E-state index contributed by atoms with van der Waals surface area (Å²) in [5.74, 6) is 0.578. The van der Waals surface area contributed by atoms with Crippen LogP contribution in [0.1, 0.15) is 0 Å². The molecule has 3 aromatic carbocycles. The number of anilines is 2. The van der Waals surface area contributed by atoms with E-state index in [1.165, 1.54) is 5.39 Å². The Morgan fingerprint density at radius 3 is 2.58 bits per heavy atom. The highest BCUT2D eigenvalue weighted by Crippen LogP contribution is 2.19. The lowest BCUT2D eigenvalue weighted by Gasteiger charge is -2.10. The van der Waals surface area contributed by atoms with Crippen molar-refractivity contribution >= 4 is 28.1 Å². The smallest absolute Gasteiger partial charge is 0.243 e. The van der Waals surface area contributed by atoms with Crippen LogP contribution in [0.4, 0.5) is 11.4 Å². The van der Waals surface area contributed by atoms with Gasteiger partial charge < -0.3 is 20.1 Å². The van der Waals surface area contributed by atoms with Gasteiger partial charge in [-0.2, -0.15) is 0 Å². The first-order valence-electron chi connectivity index (χ1n) is 8.49. The molecule has 0 atom stereocenters. The van der Waals surface area contributed by atoms with Gasteiger partial charge in [0, 0.05) is 24.6 Å². The molecule has 3 rings (SSSR count). The summed E-state index contributed by atoms with van der Waals surface area (Å²) in [5, 5.41) is 8.33. The molecule has 2 N–H and O–H groups in total. The Morgan fingerprint density at radius 2 is 1.73 bits per heavy atom. The maximum atomic E-state index is 12.2. The van der Waals surface area contributed by atoms with Crippen molar-refractivity contribution in [3.63, 3.8) is 0 Å². The molecule has 0 aliphatic carbocycles. The van der Waals surface area contributed by atoms with Gasteiger partial charge in [0.05, 0.1) is 13.2 Å². The first kappa shape index (κ1) is 17.8. The van der Waals surface area contributed by atoms with Gasteiger partial charge in [0.15, 0.2) is 0 Å². The topological polar surface area (TPSA) is 59.6 Å². The first-order chi connectivity index (χ1) is 12.7. The van der Waals surface area contributed by atoms with Crippen molar-refractivity contribution in [2.24, 2.45) is 0 Å². The fraction of sp³-hybridized carbons (Fsp3) is 0.190. The molecule has 0 saturated heterocycles. The molecule has 26 heavy (non-hydrogen) atoms. The third kappa shape index (κ3) is 4.97. The monoisotopic (exact) mass is 350 g/mol. The average Bonchev–Trinajstić information content (AvgIpc) is 2.67. The second kappa shape index (κ2) is 8.87. The lowest BCUT2D eigenvalue weighted by atomic mass is 10.1. The fourth-order valence-corrected chi connectivity index (χ4v) is 2.59. The van der Waals surface area contributed by atoms with Gasteiger partial charge >= 0.3 is 0 Å². The molecule has 0 aliphatic rings. The number of amides is 1. The normalized spacial score (nSPS) is 10.5. The van der Waals surface area contributed by atoms with Crippen molar-refractivity contribution in [2.45, 2.75) is 0 Å². The number of fused-ring (bicyclic) bond motifs is 1. The van der Waals surface area contributed by atoms with E-state index in [-0.39, 0.29) is 12.5 Å². The van der Waals surface area contributed by atoms with E-state index in [0.717, 1.165) is 11.1 Å². The van der Waals surface area contributed by atoms with E-state index >= 15 is 0 Å². The van der Waals surface area contributed by atoms with Crippen LogP contribution in [-0.2, 0) is 9.53 Å². The molecule has 0 aliphatic heterocycles. The van der Waals surface area contributed by atoms with E-state index in [0.29, 0.717) is 24.7 Å². The zero-order valence-corrected chi connectivity index (χ0v) is 14.7. The minimum atomic E-state index is -0.118. The molecule has 0 heterocycles. The van der Waals surface area contributed by atoms with E-state index in [2.05, 4.69) is 22.8 Å². The molecule has 5 heteroatoms. The minimum Gasteiger partial charge on any atom is -0.491 e. The third-order valence-electron chi connectivity index (χ3n) is 3.88. The van der Waals surface area contributed by atoms with Crippen molar-refractivity contribution in [2.75, 3.05) is 37.5 Å². The number of benzene rings is 3. The Kier molecular flexibility index (Phi) is 6.06. The molecule has 0 radical (unpaired) electrons. The van der Waals surface area contributed by atoms with Crippen molar-refractivity contribution in [3.8, 4) is 5.75 Å². The molecule has 0 aromatic heterocycles. The summed E-state index contributed by atoms with van der Waals surface area (Å²) in [6.45, 7) is 1.18. The molecule has 134 valence electrons. The van der Waals surface area contributed by atoms with Gasteiger partial charge in [-0.15, -0.1) is 0 Å². The summed E-state index contributed by atoms with van der Waals surface area (Å²) >= 11 is 0. The number of hydrogen-bond acceptors (Lipinski definition) is 4. The molecule has 0 spiro atoms. The van der Waals surface area contributed by atoms with Gasteiger partial charge in [0.2, 0.25) is 5.91 Å². The van der Waals surface area contributed by atoms with Gasteiger partial charge in [-0.25, -0.2) is 0 Å². The number of carbonyl (C=O) groups excluding carboxylic acids is 1. The Bertz CT molecular complexity index is 880. The van der Waals surface area contributed by atoms with Crippen LogP contribution in [0.5, 0.6) is 5.75 Å². The Labute approximate surface area is 152 Å². The first-order valence-corrected chi connectivity index (χ1v) is 8.49. The van der Waals surface area contributed by atoms with Crippen LogP contribution in [0.15, 0.2) is 66.7 Å². The summed E-state index contributed by atoms with van der Waals surface area (Å²) < 4.78 is 10.5. The highest BCUT2D eigenvalue weighted by molar-refractivity contribution is 5.94. The SMILES string of the molecule is COCCOc1cccc(NC(=O)CNc2ccc3ccccc3c2)c1. The van der Waals surface area contributed by atoms with E-state index in [1.807, 2.05) is 48.5 Å². The van der Waals surface area contributed by atoms with E-state index in [9.17, 15) is 4.79 Å². The molecule has 5 nitrogen and oxygen atoms in total. The second-order valence-corrected chi connectivity index (χ2v) is 5.83. The Hall–Kier alpha value is -3.05. The molecule has 1 amide bonds. The Balaban J connectivity index is 1.54. The minimum absolute atomic E-state index is 0.118. The molecule has 0 saturated carbocycles. The van der Waals surface area contributed by atoms with Gasteiger partial charge in [-0.3, -0.25) is 4.79 Å². The fourth-order valence-electron chi connectivity index (χ4n) is 2.59. The van der Waals surface area contributed by atoms with Crippen LogP contribution in [0.3, 0.4) is 0 Å². The summed E-state index contributed by atoms with van der Waals surface area (Å²) in [5.41, 5.74) is 1.61. The average molecular weight is 350 g/mol. The summed E-state index contributed by atoms with van der Waals surface area (Å²) in [6, 6.07) is 21.5. The number of hydrogen-bond donors (Lipinski definition) is 2. The quantitative estimate of drug-likeness (QED) is 0.605. The number of rotatable bonds is 8. The zero-order valence-electron chi connectivity index (χ0n) is 14.7. The van der Waals surface area contributed by atoms with Crippen molar-refractivity contribution in [3.05, 3.63) is 66.7 Å². The predicted octanol–water partition coefficient (Wildman–Crippen LogP) is 3.92. The van der Waals surface area contributed by atoms with Crippen molar-refractivity contribution in [1.29, 1.82) is 0 Å². The van der Waals surface area contributed by atoms with Crippen LogP contribution in [0.2, 0.25) is 0 Å². The zero-order chi connectivity index (χ0) is 18.2. The maximum absolute atomic E-state index is 12.2. The van der Waals surface area contributed by atoms with E-state index in [1.54, 1.807) is 13.2 Å². The molecule has 0 bridgehead atoms. The molecule has 0 unspecified atom stereocenters. The second-order valence-electron chi connectivity index (χ2n) is 5.83. The molecular formula is C21H22N2O3. The number of carbonyl (C=O) groups is 1. The summed E-state index contributed by atoms with van der Waals surface area (Å²) in [7, 11) is 1.63. The molecule has 3 aromatic rings. The number of ether oxygens (including phenoxy) is 2. The molecule has 0 fully saturated rings. The predicted molar refractivity (Wildman–Crippen MR) is 105 cm³/mol. The molecular weight excluding hydrogens is 328 g/mol. The van der Waals surface area contributed by atoms with Gasteiger partial charge in [0.25, 0.3) is 0 Å². The van der Waals surface area contributed by atoms with Crippen LogP contribution < -0.4 is 15.4 Å². The summed E-state index contributed by atoms with van der Waals surface area (Å²) in [6.07, 6.45) is 0. The number of nitrogens with one attached hydrogen (secondary N) is 2. The highest BCUT2D eigenvalue weighted by Gasteiger charge is 2.04. The summed E-state index contributed by atoms with van der Waals surface area (Å²) in [4.78, 5) is 12.2. The lowest BCUT2D eigenvalue weighted by molar-refractivity contribution is -0.114. The largest absolute Gasteiger partial charge is 0.491 e. The highest BCUT2D eigenvalue weighted by atomic mass is 16.5. The lowest BCUT2D eigenvalue weighted by Crippen LogP contribution is -2.21. The van der Waals surface area contributed by atoms with Gasteiger partial charge in [0.1, 0.15) is 12.4 Å². The Morgan fingerprint density at radius 1 is 0.885 bits per heavy atom. The van der Waals surface area contributed by atoms with E-state index < -0.39 is 0 Å².